The molecule has 37 heavy (non-hydrogen) atoms. The number of nitrogens with zero attached hydrogens (tertiary/aromatic N) is 2. The number of carbonyl (C=O) groups excluding carboxylic acids is 1. The number of aliphatic carboxylic acids is 1. The van der Waals surface area contributed by atoms with Gasteiger partial charge in [-0.1, -0.05) is 46.3 Å². The van der Waals surface area contributed by atoms with Crippen molar-refractivity contribution in [2.75, 3.05) is 45.0 Å². The SMILES string of the molecule is O=C(O)C(F)(F)F.O=C(c1ccc(Br)cc1)N(CCCc1ccccc1)CCS(=O)(=O)N1CCNCC1. The molecule has 1 fully saturated rings. The van der Waals surface area contributed by atoms with Crippen molar-refractivity contribution in [2.24, 2.45) is 0 Å². The van der Waals surface area contributed by atoms with Gasteiger partial charge in [0.25, 0.3) is 5.91 Å². The molecule has 0 saturated carbocycles. The minimum atomic E-state index is -5.08. The van der Waals surface area contributed by atoms with Gasteiger partial charge >= 0.3 is 12.1 Å². The Kier molecular flexibility index (Phi) is 12.0. The van der Waals surface area contributed by atoms with Crippen molar-refractivity contribution >= 4 is 37.8 Å². The van der Waals surface area contributed by atoms with Gasteiger partial charge in [-0.25, -0.2) is 13.2 Å². The smallest absolute Gasteiger partial charge is 0.475 e. The van der Waals surface area contributed by atoms with Gasteiger partial charge in [0.05, 0.1) is 5.75 Å². The molecule has 1 saturated heterocycles. The van der Waals surface area contributed by atoms with Gasteiger partial charge in [-0.3, -0.25) is 4.79 Å². The summed E-state index contributed by atoms with van der Waals surface area (Å²) < 4.78 is 59.6. The second-order valence-corrected chi connectivity index (χ2v) is 11.2. The molecule has 1 amide bonds. The Morgan fingerprint density at radius 1 is 1.00 bits per heavy atom. The number of piperazine rings is 1. The molecule has 0 spiro atoms. The van der Waals surface area contributed by atoms with E-state index in [1.54, 1.807) is 17.0 Å². The molecule has 2 aromatic carbocycles. The van der Waals surface area contributed by atoms with Crippen LogP contribution in [0, 0.1) is 0 Å². The maximum absolute atomic E-state index is 13.1. The number of rotatable bonds is 9. The fourth-order valence-corrected chi connectivity index (χ4v) is 5.20. The summed E-state index contributed by atoms with van der Waals surface area (Å²) in [6, 6.07) is 17.3. The lowest BCUT2D eigenvalue weighted by Crippen LogP contribution is -2.48. The largest absolute Gasteiger partial charge is 0.490 e. The van der Waals surface area contributed by atoms with Crippen molar-refractivity contribution in [1.29, 1.82) is 0 Å². The molecule has 1 heterocycles. The standard InChI is InChI=1S/C22H28BrN3O3S.C2HF3O2/c23-21-10-8-20(9-11-21)22(27)25(14-4-7-19-5-2-1-3-6-19)17-18-30(28,29)26-15-12-24-13-16-26;3-2(4,5)1(6)7/h1-3,5-6,8-11,24H,4,7,12-18H2;(H,6,7). The summed E-state index contributed by atoms with van der Waals surface area (Å²) >= 11 is 3.39. The Bertz CT molecular complexity index is 1110. The topological polar surface area (TPSA) is 107 Å². The predicted molar refractivity (Wildman–Crippen MR) is 137 cm³/mol. The zero-order valence-corrected chi connectivity index (χ0v) is 22.4. The summed E-state index contributed by atoms with van der Waals surface area (Å²) in [5.74, 6) is -2.95. The van der Waals surface area contributed by atoms with Gasteiger partial charge in [0.15, 0.2) is 0 Å². The van der Waals surface area contributed by atoms with E-state index in [0.29, 0.717) is 38.3 Å². The first-order chi connectivity index (χ1) is 17.4. The van der Waals surface area contributed by atoms with E-state index >= 15 is 0 Å². The van der Waals surface area contributed by atoms with Gasteiger partial charge in [0.2, 0.25) is 10.0 Å². The molecule has 0 aliphatic carbocycles. The number of sulfonamides is 1. The van der Waals surface area contributed by atoms with Crippen LogP contribution in [0.1, 0.15) is 22.3 Å². The van der Waals surface area contributed by atoms with Gasteiger partial charge in [-0.05, 0) is 42.7 Å². The Morgan fingerprint density at radius 3 is 2.11 bits per heavy atom. The molecule has 0 aromatic heterocycles. The monoisotopic (exact) mass is 607 g/mol. The number of carboxylic acids is 1. The molecule has 0 atom stereocenters. The number of benzene rings is 2. The molecule has 2 aromatic rings. The highest BCUT2D eigenvalue weighted by molar-refractivity contribution is 9.10. The molecule has 3 rings (SSSR count). The van der Waals surface area contributed by atoms with Crippen LogP contribution < -0.4 is 5.32 Å². The summed E-state index contributed by atoms with van der Waals surface area (Å²) in [6.45, 7) is 3.00. The van der Waals surface area contributed by atoms with Crippen LogP contribution in [0.2, 0.25) is 0 Å². The third-order valence-corrected chi connectivity index (χ3v) is 7.82. The average molecular weight is 608 g/mol. The average Bonchev–Trinajstić information content (AvgIpc) is 2.87. The lowest BCUT2D eigenvalue weighted by Gasteiger charge is -2.28. The van der Waals surface area contributed by atoms with Crippen LogP contribution in [-0.4, -0.2) is 85.8 Å². The second kappa shape index (κ2) is 14.5. The molecule has 0 radical (unpaired) electrons. The Labute approximate surface area is 222 Å². The first-order valence-electron chi connectivity index (χ1n) is 11.5. The lowest BCUT2D eigenvalue weighted by molar-refractivity contribution is -0.192. The summed E-state index contributed by atoms with van der Waals surface area (Å²) in [5, 5.41) is 10.3. The minimum Gasteiger partial charge on any atom is -0.475 e. The summed E-state index contributed by atoms with van der Waals surface area (Å²) in [4.78, 5) is 23.7. The van der Waals surface area contributed by atoms with Gasteiger partial charge in [0, 0.05) is 49.3 Å². The summed E-state index contributed by atoms with van der Waals surface area (Å²) in [5.41, 5.74) is 1.78. The molecular weight excluding hydrogens is 579 g/mol. The molecule has 204 valence electrons. The maximum atomic E-state index is 13.1. The number of hydrogen-bond acceptors (Lipinski definition) is 5. The Balaban J connectivity index is 0.000000604. The van der Waals surface area contributed by atoms with Gasteiger partial charge in [0.1, 0.15) is 0 Å². The molecule has 13 heteroatoms. The van der Waals surface area contributed by atoms with Crippen molar-refractivity contribution in [3.63, 3.8) is 0 Å². The molecule has 0 unspecified atom stereocenters. The Hall–Kier alpha value is -2.48. The molecule has 8 nitrogen and oxygen atoms in total. The number of nitrogens with one attached hydrogen (secondary N) is 1. The molecule has 1 aliphatic heterocycles. The van der Waals surface area contributed by atoms with E-state index in [-0.39, 0.29) is 18.2 Å². The number of carboxylic acid groups (broad SMARTS) is 1. The van der Waals surface area contributed by atoms with Crippen LogP contribution in [0.5, 0.6) is 0 Å². The van der Waals surface area contributed by atoms with Crippen molar-refractivity contribution < 1.29 is 36.3 Å². The third kappa shape index (κ3) is 10.8. The first-order valence-corrected chi connectivity index (χ1v) is 13.9. The van der Waals surface area contributed by atoms with E-state index in [1.165, 1.54) is 9.87 Å². The molecule has 2 N–H and O–H groups in total. The van der Waals surface area contributed by atoms with Crippen LogP contribution in [0.25, 0.3) is 0 Å². The number of amides is 1. The van der Waals surface area contributed by atoms with Crippen molar-refractivity contribution in [2.45, 2.75) is 19.0 Å². The third-order valence-electron chi connectivity index (χ3n) is 5.45. The van der Waals surface area contributed by atoms with Gasteiger partial charge < -0.3 is 15.3 Å². The number of hydrogen-bond donors (Lipinski definition) is 2. The maximum Gasteiger partial charge on any atom is 0.490 e. The normalized spacial score (nSPS) is 14.4. The zero-order valence-electron chi connectivity index (χ0n) is 20.0. The summed E-state index contributed by atoms with van der Waals surface area (Å²) in [7, 11) is -3.39. The number of aryl methyl sites for hydroxylation is 1. The fourth-order valence-electron chi connectivity index (χ4n) is 3.49. The highest BCUT2D eigenvalue weighted by Crippen LogP contribution is 2.15. The van der Waals surface area contributed by atoms with Crippen LogP contribution >= 0.6 is 15.9 Å². The highest BCUT2D eigenvalue weighted by atomic mass is 79.9. The van der Waals surface area contributed by atoms with Crippen molar-refractivity contribution in [3.05, 3.63) is 70.2 Å². The van der Waals surface area contributed by atoms with Crippen molar-refractivity contribution in [1.82, 2.24) is 14.5 Å². The van der Waals surface area contributed by atoms with E-state index in [4.69, 9.17) is 9.90 Å². The number of alkyl halides is 3. The van der Waals surface area contributed by atoms with Crippen LogP contribution in [-0.2, 0) is 21.2 Å². The Morgan fingerprint density at radius 2 is 1.57 bits per heavy atom. The van der Waals surface area contributed by atoms with Crippen molar-refractivity contribution in [3.8, 4) is 0 Å². The predicted octanol–water partition coefficient (Wildman–Crippen LogP) is 3.39. The fraction of sp³-hybridized carbons (Fsp3) is 0.417. The van der Waals surface area contributed by atoms with E-state index in [9.17, 15) is 26.4 Å². The number of halogens is 4. The van der Waals surface area contributed by atoms with Gasteiger partial charge in [-0.2, -0.15) is 17.5 Å². The quantitative estimate of drug-likeness (QED) is 0.452. The minimum absolute atomic E-state index is 0.0550. The van der Waals surface area contributed by atoms with Crippen LogP contribution in [0.15, 0.2) is 59.1 Å². The van der Waals surface area contributed by atoms with E-state index < -0.39 is 22.2 Å². The summed E-state index contributed by atoms with van der Waals surface area (Å²) in [6.07, 6.45) is -3.46. The lowest BCUT2D eigenvalue weighted by atomic mass is 10.1. The molecule has 0 bridgehead atoms. The molecule has 1 aliphatic rings. The van der Waals surface area contributed by atoms with Crippen LogP contribution in [0.3, 0.4) is 0 Å². The van der Waals surface area contributed by atoms with E-state index in [0.717, 1.165) is 17.3 Å². The van der Waals surface area contributed by atoms with Crippen LogP contribution in [0.4, 0.5) is 13.2 Å². The van der Waals surface area contributed by atoms with E-state index in [1.807, 2.05) is 30.3 Å². The first kappa shape index (κ1) is 30.7. The zero-order chi connectivity index (χ0) is 27.5. The van der Waals surface area contributed by atoms with E-state index in [2.05, 4.69) is 33.4 Å². The molecular formula is C24H29BrF3N3O5S. The van der Waals surface area contributed by atoms with Gasteiger partial charge in [-0.15, -0.1) is 0 Å². The number of carbonyl (C=O) groups is 2. The highest BCUT2D eigenvalue weighted by Gasteiger charge is 2.38. The second-order valence-electron chi connectivity index (χ2n) is 8.16.